The molecule has 3 nitrogen and oxygen atoms in total. The maximum absolute atomic E-state index is 10.1. The molecule has 0 atom stereocenters. The quantitative estimate of drug-likeness (QED) is 0.336. The second-order valence-electron chi connectivity index (χ2n) is 10.1. The van der Waals surface area contributed by atoms with Gasteiger partial charge in [0.1, 0.15) is 0 Å². The average Bonchev–Trinajstić information content (AvgIpc) is 2.23. The summed E-state index contributed by atoms with van der Waals surface area (Å²) in [7, 11) is -4.11. The maximum atomic E-state index is 10.1. The molecule has 0 aliphatic carbocycles. The Morgan fingerprint density at radius 1 is 0.783 bits per heavy atom. The van der Waals surface area contributed by atoms with Crippen LogP contribution in [0.5, 0.6) is 0 Å². The lowest BCUT2D eigenvalue weighted by Crippen LogP contribution is -2.55. The van der Waals surface area contributed by atoms with E-state index in [1.54, 1.807) is 0 Å². The minimum Gasteiger partial charge on any atom is -0.501 e. The summed E-state index contributed by atoms with van der Waals surface area (Å²) in [6.07, 6.45) is -0.526. The maximum Gasteiger partial charge on any atom is 0.195 e. The molecule has 0 aliphatic heterocycles. The molecular weight excluding hydrogens is 340 g/mol. The molecule has 0 bridgehead atoms. The Morgan fingerprint density at radius 2 is 1.04 bits per heavy atom. The molecule has 0 amide bonds. The third kappa shape index (κ3) is 5.63. The zero-order chi connectivity index (χ0) is 19.1. The SMILES string of the molecule is CC(C)(C(O)=S)C(O[Si](C)(C)C(C)(C)C)O[Si](C)(C)C(C)(C)C. The van der Waals surface area contributed by atoms with Crippen molar-refractivity contribution in [1.29, 1.82) is 0 Å². The summed E-state index contributed by atoms with van der Waals surface area (Å²) in [6.45, 7) is 25.8. The standard InChI is InChI=1S/C17H38O3SSi2/c1-15(2,3)22(9,10)19-14(17(7,8)13(18)21)20-23(11,12)16(4,5)6/h14H,1-12H3,(H,18,21). The van der Waals surface area contributed by atoms with Crippen LogP contribution < -0.4 is 0 Å². The lowest BCUT2D eigenvalue weighted by Gasteiger charge is -2.47. The Labute approximate surface area is 151 Å². The van der Waals surface area contributed by atoms with E-state index < -0.39 is 28.3 Å². The molecule has 0 saturated heterocycles. The Balaban J connectivity index is 5.76. The topological polar surface area (TPSA) is 38.7 Å². The van der Waals surface area contributed by atoms with Crippen molar-refractivity contribution < 1.29 is 14.0 Å². The number of thiocarbonyl (C=S) groups is 1. The molecular formula is C17H38O3SSi2. The van der Waals surface area contributed by atoms with Gasteiger partial charge in [-0.25, -0.2) is 0 Å². The van der Waals surface area contributed by atoms with Crippen molar-refractivity contribution >= 4 is 33.9 Å². The zero-order valence-corrected chi connectivity index (χ0v) is 20.1. The van der Waals surface area contributed by atoms with Crippen molar-refractivity contribution in [2.24, 2.45) is 5.41 Å². The predicted octanol–water partition coefficient (Wildman–Crippen LogP) is 6.27. The van der Waals surface area contributed by atoms with Crippen LogP contribution in [-0.4, -0.2) is 33.1 Å². The molecule has 0 unspecified atom stereocenters. The minimum atomic E-state index is -2.06. The number of aliphatic hydroxyl groups excluding tert-OH is 1. The van der Waals surface area contributed by atoms with Crippen LogP contribution in [0.15, 0.2) is 0 Å². The van der Waals surface area contributed by atoms with Crippen LogP contribution in [0.1, 0.15) is 55.4 Å². The molecule has 0 aromatic heterocycles. The first-order valence-electron chi connectivity index (χ1n) is 8.35. The summed E-state index contributed by atoms with van der Waals surface area (Å²) in [6, 6.07) is 0. The average molecular weight is 379 g/mol. The van der Waals surface area contributed by atoms with Crippen molar-refractivity contribution in [2.75, 3.05) is 0 Å². The summed E-state index contributed by atoms with van der Waals surface area (Å²) in [5, 5.41) is 10.1. The number of hydrogen-bond donors (Lipinski definition) is 1. The van der Waals surface area contributed by atoms with Gasteiger partial charge in [0.15, 0.2) is 28.0 Å². The van der Waals surface area contributed by atoms with Crippen molar-refractivity contribution in [3.63, 3.8) is 0 Å². The molecule has 0 aromatic carbocycles. The highest BCUT2D eigenvalue weighted by molar-refractivity contribution is 7.80. The first kappa shape index (κ1) is 23.2. The Bertz CT molecular complexity index is 404. The molecule has 0 radical (unpaired) electrons. The minimum absolute atomic E-state index is 0.0556. The summed E-state index contributed by atoms with van der Waals surface area (Å²) < 4.78 is 13.1. The van der Waals surface area contributed by atoms with Crippen LogP contribution in [0, 0.1) is 5.41 Å². The van der Waals surface area contributed by atoms with E-state index in [2.05, 4.69) is 67.7 Å². The summed E-state index contributed by atoms with van der Waals surface area (Å²) in [5.74, 6) is 0. The third-order valence-corrected chi connectivity index (χ3v) is 14.9. The predicted molar refractivity (Wildman–Crippen MR) is 109 cm³/mol. The van der Waals surface area contributed by atoms with E-state index in [1.807, 2.05) is 13.8 Å². The molecule has 138 valence electrons. The lowest BCUT2D eigenvalue weighted by molar-refractivity contribution is -0.0752. The lowest BCUT2D eigenvalue weighted by atomic mass is 9.94. The summed E-state index contributed by atoms with van der Waals surface area (Å²) in [5.41, 5.74) is -0.722. The fourth-order valence-electron chi connectivity index (χ4n) is 1.31. The monoisotopic (exact) mass is 378 g/mol. The summed E-state index contributed by atoms with van der Waals surface area (Å²) >= 11 is 5.10. The van der Waals surface area contributed by atoms with E-state index in [1.165, 1.54) is 0 Å². The van der Waals surface area contributed by atoms with Crippen LogP contribution in [0.25, 0.3) is 0 Å². The van der Waals surface area contributed by atoms with Crippen molar-refractivity contribution in [3.05, 3.63) is 0 Å². The zero-order valence-electron chi connectivity index (χ0n) is 17.2. The Hall–Kier alpha value is 0.244. The highest BCUT2D eigenvalue weighted by Crippen LogP contribution is 2.44. The smallest absolute Gasteiger partial charge is 0.195 e. The Kier molecular flexibility index (Phi) is 6.94. The van der Waals surface area contributed by atoms with Gasteiger partial charge in [0.2, 0.25) is 0 Å². The summed E-state index contributed by atoms with van der Waals surface area (Å²) in [4.78, 5) is 0. The largest absolute Gasteiger partial charge is 0.501 e. The van der Waals surface area contributed by atoms with Crippen LogP contribution in [0.4, 0.5) is 0 Å². The van der Waals surface area contributed by atoms with Crippen molar-refractivity contribution in [3.8, 4) is 0 Å². The van der Waals surface area contributed by atoms with E-state index in [9.17, 15) is 5.11 Å². The first-order chi connectivity index (χ1) is 9.76. The van der Waals surface area contributed by atoms with Crippen molar-refractivity contribution in [1.82, 2.24) is 0 Å². The number of hydrogen-bond acceptors (Lipinski definition) is 3. The van der Waals surface area contributed by atoms with Gasteiger partial charge >= 0.3 is 0 Å². The van der Waals surface area contributed by atoms with Gasteiger partial charge in [-0.2, -0.15) is 0 Å². The van der Waals surface area contributed by atoms with Gasteiger partial charge in [0.25, 0.3) is 0 Å². The van der Waals surface area contributed by atoms with Gasteiger partial charge in [-0.15, -0.1) is 0 Å². The first-order valence-corrected chi connectivity index (χ1v) is 14.6. The fourth-order valence-corrected chi connectivity index (χ4v) is 3.96. The molecule has 23 heavy (non-hydrogen) atoms. The van der Waals surface area contributed by atoms with E-state index in [4.69, 9.17) is 21.1 Å². The Morgan fingerprint density at radius 3 is 1.22 bits per heavy atom. The number of rotatable bonds is 6. The normalized spacial score (nSPS) is 15.2. The van der Waals surface area contributed by atoms with Gasteiger partial charge in [0, 0.05) is 0 Å². The molecule has 0 heterocycles. The molecule has 0 rings (SSSR count). The van der Waals surface area contributed by atoms with Gasteiger partial charge in [-0.1, -0.05) is 41.5 Å². The fraction of sp³-hybridized carbons (Fsp3) is 0.941. The second kappa shape index (κ2) is 6.86. The van der Waals surface area contributed by atoms with Crippen LogP contribution >= 0.6 is 12.2 Å². The molecule has 6 heteroatoms. The van der Waals surface area contributed by atoms with E-state index in [0.29, 0.717) is 0 Å². The third-order valence-electron chi connectivity index (χ3n) is 5.56. The molecule has 0 aliphatic rings. The number of aliphatic hydroxyl groups is 1. The van der Waals surface area contributed by atoms with E-state index >= 15 is 0 Å². The van der Waals surface area contributed by atoms with Gasteiger partial charge < -0.3 is 14.0 Å². The molecule has 0 fully saturated rings. The van der Waals surface area contributed by atoms with Crippen LogP contribution in [0.3, 0.4) is 0 Å². The van der Waals surface area contributed by atoms with E-state index in [-0.39, 0.29) is 15.1 Å². The highest BCUT2D eigenvalue weighted by Gasteiger charge is 2.49. The van der Waals surface area contributed by atoms with Gasteiger partial charge in [-0.3, -0.25) is 0 Å². The van der Waals surface area contributed by atoms with Crippen molar-refractivity contribution in [2.45, 2.75) is 97.9 Å². The molecule has 0 saturated carbocycles. The highest BCUT2D eigenvalue weighted by atomic mass is 32.1. The van der Waals surface area contributed by atoms with Gasteiger partial charge in [0.05, 0.1) is 5.41 Å². The molecule has 0 aromatic rings. The molecule has 0 spiro atoms. The van der Waals surface area contributed by atoms with E-state index in [0.717, 1.165) is 0 Å². The van der Waals surface area contributed by atoms with Gasteiger partial charge in [-0.05, 0) is 62.3 Å². The van der Waals surface area contributed by atoms with Crippen LogP contribution in [-0.2, 0) is 8.85 Å². The molecule has 1 N–H and O–H groups in total. The van der Waals surface area contributed by atoms with Crippen LogP contribution in [0.2, 0.25) is 36.3 Å². The second-order valence-corrected chi connectivity index (χ2v) is 20.0.